The number of carbonyl (C=O) groups excluding carboxylic acids is 2. The first-order chi connectivity index (χ1) is 18.1. The first-order valence-electron chi connectivity index (χ1n) is 12.6. The topological polar surface area (TPSA) is 104 Å². The van der Waals surface area contributed by atoms with Gasteiger partial charge in [0, 0.05) is 12.1 Å². The molecule has 0 bridgehead atoms. The number of benzene rings is 2. The van der Waals surface area contributed by atoms with Gasteiger partial charge in [-0.25, -0.2) is 0 Å². The van der Waals surface area contributed by atoms with Gasteiger partial charge in [0.2, 0.25) is 5.75 Å². The van der Waals surface area contributed by atoms with Crippen molar-refractivity contribution in [2.45, 2.75) is 39.8 Å². The van der Waals surface area contributed by atoms with Gasteiger partial charge in [0.25, 0.3) is 11.7 Å². The number of rotatable bonds is 12. The molecule has 3 rings (SSSR count). The fourth-order valence-corrected chi connectivity index (χ4v) is 4.23. The number of hydrogen-bond donors (Lipinski definition) is 1. The highest BCUT2D eigenvalue weighted by molar-refractivity contribution is 6.46. The summed E-state index contributed by atoms with van der Waals surface area (Å²) >= 11 is 0. The molecule has 1 N–H and O–H groups in total. The predicted octanol–water partition coefficient (Wildman–Crippen LogP) is 4.59. The summed E-state index contributed by atoms with van der Waals surface area (Å²) in [5.74, 6) is 0.288. The maximum atomic E-state index is 13.3. The first-order valence-corrected chi connectivity index (χ1v) is 12.6. The van der Waals surface area contributed by atoms with Crippen LogP contribution in [0.1, 0.15) is 44.9 Å². The zero-order valence-electron chi connectivity index (χ0n) is 23.1. The molecular weight excluding hydrogens is 490 g/mol. The summed E-state index contributed by atoms with van der Waals surface area (Å²) < 4.78 is 27.8. The van der Waals surface area contributed by atoms with Crippen LogP contribution in [0.4, 0.5) is 0 Å². The zero-order chi connectivity index (χ0) is 28.0. The Balaban J connectivity index is 2.13. The van der Waals surface area contributed by atoms with Gasteiger partial charge in [-0.15, -0.1) is 0 Å². The Morgan fingerprint density at radius 3 is 2.05 bits per heavy atom. The molecule has 1 heterocycles. The van der Waals surface area contributed by atoms with E-state index in [1.165, 1.54) is 26.2 Å². The summed E-state index contributed by atoms with van der Waals surface area (Å²) in [5.41, 5.74) is 0.863. The molecule has 1 amide bonds. The fourth-order valence-electron chi connectivity index (χ4n) is 4.23. The second-order valence-electron chi connectivity index (χ2n) is 9.60. The zero-order valence-corrected chi connectivity index (χ0v) is 23.1. The molecule has 1 fully saturated rings. The molecule has 0 radical (unpaired) electrons. The van der Waals surface area contributed by atoms with E-state index in [2.05, 4.69) is 13.8 Å². The summed E-state index contributed by atoms with van der Waals surface area (Å²) in [5, 5.41) is 11.4. The molecule has 2 aromatic rings. The van der Waals surface area contributed by atoms with Crippen LogP contribution in [0.25, 0.3) is 5.76 Å². The number of amides is 1. The van der Waals surface area contributed by atoms with Gasteiger partial charge in [-0.1, -0.05) is 13.8 Å². The molecule has 1 aliphatic heterocycles. The Bertz CT molecular complexity index is 1140. The number of ether oxygens (including phenoxy) is 5. The molecule has 206 valence electrons. The van der Waals surface area contributed by atoms with Crippen LogP contribution in [-0.2, 0) is 14.3 Å². The van der Waals surface area contributed by atoms with Gasteiger partial charge in [-0.3, -0.25) is 9.59 Å². The molecule has 1 atom stereocenters. The lowest BCUT2D eigenvalue weighted by molar-refractivity contribution is -0.140. The number of aliphatic hydroxyl groups is 1. The summed E-state index contributed by atoms with van der Waals surface area (Å²) in [4.78, 5) is 27.9. The van der Waals surface area contributed by atoms with Gasteiger partial charge < -0.3 is 33.7 Å². The predicted molar refractivity (Wildman–Crippen MR) is 143 cm³/mol. The average molecular weight is 528 g/mol. The molecule has 9 nitrogen and oxygen atoms in total. The van der Waals surface area contributed by atoms with Crippen molar-refractivity contribution in [1.82, 2.24) is 4.90 Å². The monoisotopic (exact) mass is 527 g/mol. The van der Waals surface area contributed by atoms with Crippen molar-refractivity contribution in [3.63, 3.8) is 0 Å². The molecule has 1 saturated heterocycles. The normalized spacial score (nSPS) is 16.9. The standard InChI is InChI=1S/C29H37NO8/c1-17(2)16-38-21-10-8-19(9-11-21)26(31)24-25(30(29(33)27(24)32)12-13-37-18(3)4)20-14-22(34-5)28(36-7)23(15-20)35-6/h8-11,14-15,17-18,25,31H,12-13,16H2,1-7H3/b26-24+. The number of Topliss-reactive ketones (excluding diaryl/α,β-unsaturated/α-hetero) is 1. The van der Waals surface area contributed by atoms with Crippen LogP contribution in [0.2, 0.25) is 0 Å². The highest BCUT2D eigenvalue weighted by Crippen LogP contribution is 2.45. The van der Waals surface area contributed by atoms with Crippen LogP contribution >= 0.6 is 0 Å². The Kier molecular flexibility index (Phi) is 9.63. The Labute approximate surface area is 223 Å². The number of ketones is 1. The van der Waals surface area contributed by atoms with Crippen molar-refractivity contribution < 1.29 is 38.4 Å². The third kappa shape index (κ3) is 6.22. The number of hydrogen-bond acceptors (Lipinski definition) is 8. The van der Waals surface area contributed by atoms with E-state index in [9.17, 15) is 14.7 Å². The SMILES string of the molecule is COc1cc(C2/C(=C(\O)c3ccc(OCC(C)C)cc3)C(=O)C(=O)N2CCOC(C)C)cc(OC)c1OC. The third-order valence-electron chi connectivity index (χ3n) is 6.04. The van der Waals surface area contributed by atoms with Crippen LogP contribution in [-0.4, -0.2) is 68.9 Å². The molecule has 1 unspecified atom stereocenters. The summed E-state index contributed by atoms with van der Waals surface area (Å²) in [6.07, 6.45) is -0.0529. The van der Waals surface area contributed by atoms with E-state index < -0.39 is 17.7 Å². The lowest BCUT2D eigenvalue weighted by Gasteiger charge is -2.27. The van der Waals surface area contributed by atoms with Crippen molar-refractivity contribution in [1.29, 1.82) is 0 Å². The van der Waals surface area contributed by atoms with Crippen LogP contribution in [0.3, 0.4) is 0 Å². The molecular formula is C29H37NO8. The highest BCUT2D eigenvalue weighted by atomic mass is 16.5. The van der Waals surface area contributed by atoms with E-state index in [4.69, 9.17) is 23.7 Å². The van der Waals surface area contributed by atoms with E-state index in [1.807, 2.05) is 13.8 Å². The molecule has 0 spiro atoms. The molecule has 0 aromatic heterocycles. The summed E-state index contributed by atoms with van der Waals surface area (Å²) in [6, 6.07) is 9.20. The number of aliphatic hydroxyl groups excluding tert-OH is 1. The molecule has 0 saturated carbocycles. The van der Waals surface area contributed by atoms with Gasteiger partial charge in [0.15, 0.2) is 11.5 Å². The van der Waals surface area contributed by atoms with Gasteiger partial charge in [0.05, 0.1) is 52.3 Å². The average Bonchev–Trinajstić information content (AvgIpc) is 3.15. The lowest BCUT2D eigenvalue weighted by Crippen LogP contribution is -2.33. The fraction of sp³-hybridized carbons (Fsp3) is 0.448. The number of carbonyl (C=O) groups is 2. The molecule has 0 aliphatic carbocycles. The van der Waals surface area contributed by atoms with Gasteiger partial charge >= 0.3 is 0 Å². The van der Waals surface area contributed by atoms with E-state index in [1.54, 1.807) is 36.4 Å². The smallest absolute Gasteiger partial charge is 0.295 e. The van der Waals surface area contributed by atoms with Crippen LogP contribution in [0.5, 0.6) is 23.0 Å². The van der Waals surface area contributed by atoms with Gasteiger partial charge in [-0.05, 0) is 61.7 Å². The molecule has 1 aliphatic rings. The maximum absolute atomic E-state index is 13.3. The molecule has 2 aromatic carbocycles. The summed E-state index contributed by atoms with van der Waals surface area (Å²) in [6.45, 7) is 8.79. The highest BCUT2D eigenvalue weighted by Gasteiger charge is 2.46. The minimum atomic E-state index is -0.906. The Hall–Kier alpha value is -3.72. The maximum Gasteiger partial charge on any atom is 0.295 e. The minimum Gasteiger partial charge on any atom is -0.507 e. The Morgan fingerprint density at radius 2 is 1.55 bits per heavy atom. The second-order valence-corrected chi connectivity index (χ2v) is 9.60. The van der Waals surface area contributed by atoms with Crippen LogP contribution in [0, 0.1) is 5.92 Å². The number of likely N-dealkylation sites (tertiary alicyclic amines) is 1. The second kappa shape index (κ2) is 12.7. The van der Waals surface area contributed by atoms with Crippen LogP contribution < -0.4 is 18.9 Å². The lowest BCUT2D eigenvalue weighted by atomic mass is 9.94. The van der Waals surface area contributed by atoms with E-state index >= 15 is 0 Å². The largest absolute Gasteiger partial charge is 0.507 e. The first kappa shape index (κ1) is 28.8. The van der Waals surface area contributed by atoms with E-state index in [0.29, 0.717) is 46.6 Å². The van der Waals surface area contributed by atoms with Crippen molar-refractivity contribution in [3.8, 4) is 23.0 Å². The summed E-state index contributed by atoms with van der Waals surface area (Å²) in [7, 11) is 4.46. The van der Waals surface area contributed by atoms with Gasteiger partial charge in [-0.2, -0.15) is 0 Å². The third-order valence-corrected chi connectivity index (χ3v) is 6.04. The van der Waals surface area contributed by atoms with Crippen LogP contribution in [0.15, 0.2) is 42.0 Å². The van der Waals surface area contributed by atoms with E-state index in [0.717, 1.165) is 0 Å². The minimum absolute atomic E-state index is 0.0373. The van der Waals surface area contributed by atoms with Crippen molar-refractivity contribution >= 4 is 17.4 Å². The number of nitrogens with zero attached hydrogens (tertiary/aromatic N) is 1. The van der Waals surface area contributed by atoms with Crippen molar-refractivity contribution in [2.75, 3.05) is 41.1 Å². The quantitative estimate of drug-likeness (QED) is 0.243. The number of methoxy groups -OCH3 is 3. The van der Waals surface area contributed by atoms with Gasteiger partial charge in [0.1, 0.15) is 11.5 Å². The molecule has 38 heavy (non-hydrogen) atoms. The Morgan fingerprint density at radius 1 is 0.947 bits per heavy atom. The molecule has 9 heteroatoms. The van der Waals surface area contributed by atoms with Crippen molar-refractivity contribution in [3.05, 3.63) is 53.1 Å². The van der Waals surface area contributed by atoms with E-state index in [-0.39, 0.29) is 30.6 Å². The van der Waals surface area contributed by atoms with Crippen molar-refractivity contribution in [2.24, 2.45) is 5.92 Å².